The number of rotatable bonds is 6. The van der Waals surface area contributed by atoms with Gasteiger partial charge in [-0.15, -0.1) is 0 Å². The van der Waals surface area contributed by atoms with Crippen LogP contribution in [0.3, 0.4) is 0 Å². The van der Waals surface area contributed by atoms with Crippen LogP contribution in [-0.4, -0.2) is 31.9 Å². The van der Waals surface area contributed by atoms with Gasteiger partial charge in [0.2, 0.25) is 10.0 Å². The van der Waals surface area contributed by atoms with Crippen LogP contribution in [0.15, 0.2) is 0 Å². The quantitative estimate of drug-likeness (QED) is 0.631. The van der Waals surface area contributed by atoms with Gasteiger partial charge in [0, 0.05) is 12.6 Å². The lowest BCUT2D eigenvalue weighted by Gasteiger charge is -2.14. The number of hydrogen-bond donors (Lipinski definition) is 2. The number of sulfonamides is 1. The highest BCUT2D eigenvalue weighted by Crippen LogP contribution is 1.99. The Morgan fingerprint density at radius 3 is 2.33 bits per heavy atom. The summed E-state index contributed by atoms with van der Waals surface area (Å²) < 4.78 is 24.6. The van der Waals surface area contributed by atoms with Gasteiger partial charge in [-0.1, -0.05) is 6.92 Å². The lowest BCUT2D eigenvalue weighted by atomic mass is 10.2. The van der Waals surface area contributed by atoms with Crippen molar-refractivity contribution >= 4 is 10.0 Å². The van der Waals surface area contributed by atoms with Crippen molar-refractivity contribution < 1.29 is 13.5 Å². The topological polar surface area (TPSA) is 66.4 Å². The Morgan fingerprint density at radius 1 is 1.42 bits per heavy atom. The third kappa shape index (κ3) is 4.69. The lowest BCUT2D eigenvalue weighted by Crippen LogP contribution is -2.35. The van der Waals surface area contributed by atoms with Crippen LogP contribution < -0.4 is 4.72 Å². The van der Waals surface area contributed by atoms with Crippen LogP contribution in [0.25, 0.3) is 0 Å². The molecule has 0 saturated heterocycles. The summed E-state index contributed by atoms with van der Waals surface area (Å²) in [6.45, 7) is 3.50. The van der Waals surface area contributed by atoms with Crippen molar-refractivity contribution in [3.8, 4) is 0 Å². The van der Waals surface area contributed by atoms with Gasteiger partial charge in [0.15, 0.2) is 0 Å². The summed E-state index contributed by atoms with van der Waals surface area (Å²) in [4.78, 5) is 0. The minimum Gasteiger partial charge on any atom is -0.396 e. The maximum atomic E-state index is 11.1. The first-order valence-corrected chi connectivity index (χ1v) is 5.81. The molecular weight excluding hydrogens is 178 g/mol. The van der Waals surface area contributed by atoms with Crippen molar-refractivity contribution in [1.29, 1.82) is 0 Å². The molecule has 0 heterocycles. The highest BCUT2D eigenvalue weighted by molar-refractivity contribution is 7.89. The second-order valence-corrected chi connectivity index (χ2v) is 4.68. The zero-order chi connectivity index (χ0) is 9.61. The van der Waals surface area contributed by atoms with Gasteiger partial charge >= 0.3 is 0 Å². The molecule has 5 heteroatoms. The molecule has 0 spiro atoms. The van der Waals surface area contributed by atoms with E-state index in [1.54, 1.807) is 6.92 Å². The van der Waals surface area contributed by atoms with Crippen LogP contribution >= 0.6 is 0 Å². The van der Waals surface area contributed by atoms with Crippen molar-refractivity contribution in [2.45, 2.75) is 32.7 Å². The molecule has 0 rings (SSSR count). The van der Waals surface area contributed by atoms with Crippen LogP contribution in [-0.2, 0) is 10.0 Å². The summed E-state index contributed by atoms with van der Waals surface area (Å²) in [5.74, 6) is 0.0922. The summed E-state index contributed by atoms with van der Waals surface area (Å²) in [5.41, 5.74) is 0. The van der Waals surface area contributed by atoms with Gasteiger partial charge in [0.1, 0.15) is 0 Å². The number of aliphatic hydroxyl groups excluding tert-OH is 1. The average Bonchev–Trinajstić information content (AvgIpc) is 2.03. The molecule has 0 aliphatic rings. The normalized spacial score (nSPS) is 14.6. The summed E-state index contributed by atoms with van der Waals surface area (Å²) in [5, 5.41) is 8.60. The number of hydrogen-bond acceptors (Lipinski definition) is 3. The third-order valence-corrected chi connectivity index (χ3v) is 3.15. The Kier molecular flexibility index (Phi) is 5.44. The number of aliphatic hydroxyl groups is 1. The molecule has 0 radical (unpaired) electrons. The monoisotopic (exact) mass is 195 g/mol. The first-order valence-electron chi connectivity index (χ1n) is 4.16. The Morgan fingerprint density at radius 2 is 2.00 bits per heavy atom. The van der Waals surface area contributed by atoms with Crippen molar-refractivity contribution in [3.05, 3.63) is 0 Å². The van der Waals surface area contributed by atoms with Gasteiger partial charge < -0.3 is 5.11 Å². The molecule has 0 aromatic rings. The summed E-state index contributed by atoms with van der Waals surface area (Å²) in [6, 6.07) is -0.125. The van der Waals surface area contributed by atoms with Crippen LogP contribution in [0, 0.1) is 0 Å². The molecule has 1 unspecified atom stereocenters. The van der Waals surface area contributed by atoms with E-state index in [1.165, 1.54) is 0 Å². The third-order valence-electron chi connectivity index (χ3n) is 1.70. The standard InChI is InChI=1S/C7H17NO3S/c1-3-7(5-6-9)8-12(10,11)4-2/h7-9H,3-6H2,1-2H3. The number of nitrogens with one attached hydrogen (secondary N) is 1. The predicted octanol–water partition coefficient (Wildman–Crippen LogP) is 0.0867. The fraction of sp³-hybridized carbons (Fsp3) is 1.00. The molecular formula is C7H17NO3S. The van der Waals surface area contributed by atoms with Crippen molar-refractivity contribution in [2.24, 2.45) is 0 Å². The van der Waals surface area contributed by atoms with E-state index in [2.05, 4.69) is 4.72 Å². The molecule has 12 heavy (non-hydrogen) atoms. The van der Waals surface area contributed by atoms with Gasteiger partial charge in [0.25, 0.3) is 0 Å². The van der Waals surface area contributed by atoms with E-state index >= 15 is 0 Å². The fourth-order valence-corrected chi connectivity index (χ4v) is 1.80. The second kappa shape index (κ2) is 5.50. The van der Waals surface area contributed by atoms with E-state index in [0.717, 1.165) is 0 Å². The molecule has 0 aromatic heterocycles. The van der Waals surface area contributed by atoms with Crippen LogP contribution in [0.5, 0.6) is 0 Å². The molecule has 0 aromatic carbocycles. The van der Waals surface area contributed by atoms with Gasteiger partial charge in [-0.25, -0.2) is 13.1 Å². The van der Waals surface area contributed by atoms with Crippen molar-refractivity contribution in [1.82, 2.24) is 4.72 Å². The first-order chi connectivity index (χ1) is 5.55. The van der Waals surface area contributed by atoms with E-state index in [0.29, 0.717) is 12.8 Å². The minimum atomic E-state index is -3.11. The van der Waals surface area contributed by atoms with Crippen LogP contribution in [0.1, 0.15) is 26.7 Å². The molecule has 0 fully saturated rings. The Hall–Kier alpha value is -0.130. The maximum absolute atomic E-state index is 11.1. The van der Waals surface area contributed by atoms with Gasteiger partial charge in [0.05, 0.1) is 5.75 Å². The lowest BCUT2D eigenvalue weighted by molar-refractivity contribution is 0.270. The molecule has 74 valence electrons. The van der Waals surface area contributed by atoms with Crippen LogP contribution in [0.4, 0.5) is 0 Å². The summed E-state index contributed by atoms with van der Waals surface area (Å²) in [6.07, 6.45) is 1.19. The van der Waals surface area contributed by atoms with Crippen molar-refractivity contribution in [2.75, 3.05) is 12.4 Å². The second-order valence-electron chi connectivity index (χ2n) is 2.64. The largest absolute Gasteiger partial charge is 0.396 e. The molecule has 0 bridgehead atoms. The molecule has 0 aliphatic heterocycles. The van der Waals surface area contributed by atoms with E-state index in [1.807, 2.05) is 6.92 Å². The average molecular weight is 195 g/mol. The first kappa shape index (κ1) is 11.9. The van der Waals surface area contributed by atoms with Gasteiger partial charge in [-0.3, -0.25) is 0 Å². The zero-order valence-corrected chi connectivity index (χ0v) is 8.39. The molecule has 0 saturated carbocycles. The maximum Gasteiger partial charge on any atom is 0.211 e. The van der Waals surface area contributed by atoms with E-state index in [-0.39, 0.29) is 18.4 Å². The van der Waals surface area contributed by atoms with E-state index in [4.69, 9.17) is 5.11 Å². The minimum absolute atomic E-state index is 0.0186. The van der Waals surface area contributed by atoms with E-state index < -0.39 is 10.0 Å². The smallest absolute Gasteiger partial charge is 0.211 e. The Balaban J connectivity index is 4.02. The van der Waals surface area contributed by atoms with E-state index in [9.17, 15) is 8.42 Å². The fourth-order valence-electron chi connectivity index (χ4n) is 0.839. The molecule has 0 aliphatic carbocycles. The molecule has 1 atom stereocenters. The molecule has 2 N–H and O–H groups in total. The summed E-state index contributed by atoms with van der Waals surface area (Å²) >= 11 is 0. The van der Waals surface area contributed by atoms with Gasteiger partial charge in [-0.2, -0.15) is 0 Å². The Labute approximate surface area is 74.0 Å². The zero-order valence-electron chi connectivity index (χ0n) is 7.58. The summed E-state index contributed by atoms with van der Waals surface area (Å²) in [7, 11) is -3.11. The highest BCUT2D eigenvalue weighted by atomic mass is 32.2. The molecule has 0 amide bonds. The molecule has 4 nitrogen and oxygen atoms in total. The van der Waals surface area contributed by atoms with Crippen LogP contribution in [0.2, 0.25) is 0 Å². The predicted molar refractivity (Wildman–Crippen MR) is 48.4 cm³/mol. The van der Waals surface area contributed by atoms with Crippen molar-refractivity contribution in [3.63, 3.8) is 0 Å². The Bertz CT molecular complexity index is 201. The SMILES string of the molecule is CCC(CCO)NS(=O)(=O)CC. The van der Waals surface area contributed by atoms with Gasteiger partial charge in [-0.05, 0) is 19.8 Å². The highest BCUT2D eigenvalue weighted by Gasteiger charge is 2.13.